The van der Waals surface area contributed by atoms with Crippen LogP contribution in [0.5, 0.6) is 0 Å². The van der Waals surface area contributed by atoms with Crippen molar-refractivity contribution in [3.63, 3.8) is 0 Å². The second kappa shape index (κ2) is 8.57. The molecule has 0 amide bonds. The largest absolute Gasteiger partial charge is 0.466 e. The summed E-state index contributed by atoms with van der Waals surface area (Å²) in [6.07, 6.45) is 1.12. The number of rotatable bonds is 8. The van der Waals surface area contributed by atoms with Crippen LogP contribution in [0.1, 0.15) is 55.5 Å². The first-order valence-electron chi connectivity index (χ1n) is 7.50. The Morgan fingerprint density at radius 2 is 1.81 bits per heavy atom. The Morgan fingerprint density at radius 1 is 1.19 bits per heavy atom. The van der Waals surface area contributed by atoms with Crippen LogP contribution in [-0.4, -0.2) is 31.4 Å². The Kier molecular flexibility index (Phi) is 7.09. The van der Waals surface area contributed by atoms with Gasteiger partial charge in [-0.25, -0.2) is 0 Å². The molecule has 0 aliphatic heterocycles. The van der Waals surface area contributed by atoms with Gasteiger partial charge in [-0.15, -0.1) is 0 Å². The smallest absolute Gasteiger partial charge is 0.307 e. The van der Waals surface area contributed by atoms with Gasteiger partial charge in [0.05, 0.1) is 19.1 Å². The maximum absolute atomic E-state index is 12.4. The van der Waals surface area contributed by atoms with Crippen LogP contribution in [0.3, 0.4) is 0 Å². The number of likely N-dealkylation sites (N-methyl/N-ethyl adjacent to an activating group) is 1. The summed E-state index contributed by atoms with van der Waals surface area (Å²) in [4.78, 5) is 23.9. The molecular formula is C17H25NO3. The van der Waals surface area contributed by atoms with Crippen LogP contribution in [-0.2, 0) is 9.53 Å². The molecule has 0 aromatic heterocycles. The number of carbonyl (C=O) groups excluding carboxylic acids is 2. The molecule has 21 heavy (non-hydrogen) atoms. The minimum absolute atomic E-state index is 0.0519. The van der Waals surface area contributed by atoms with Crippen molar-refractivity contribution in [1.29, 1.82) is 0 Å². The van der Waals surface area contributed by atoms with Crippen LogP contribution in [0.25, 0.3) is 0 Å². The average Bonchev–Trinajstić information content (AvgIpc) is 2.51. The van der Waals surface area contributed by atoms with Gasteiger partial charge < -0.3 is 10.1 Å². The van der Waals surface area contributed by atoms with Crippen molar-refractivity contribution >= 4 is 11.8 Å². The van der Waals surface area contributed by atoms with Crippen molar-refractivity contribution in [1.82, 2.24) is 5.32 Å². The first-order valence-corrected chi connectivity index (χ1v) is 7.50. The quantitative estimate of drug-likeness (QED) is 0.591. The molecule has 1 aromatic carbocycles. The minimum atomic E-state index is -0.543. The molecule has 0 saturated heterocycles. The maximum Gasteiger partial charge on any atom is 0.307 e. The van der Waals surface area contributed by atoms with Gasteiger partial charge in [0.1, 0.15) is 0 Å². The zero-order valence-corrected chi connectivity index (χ0v) is 13.3. The Morgan fingerprint density at radius 3 is 2.29 bits per heavy atom. The molecule has 4 nitrogen and oxygen atoms in total. The van der Waals surface area contributed by atoms with E-state index in [4.69, 9.17) is 4.74 Å². The first-order chi connectivity index (χ1) is 10.0. The van der Waals surface area contributed by atoms with E-state index in [1.54, 1.807) is 14.0 Å². The van der Waals surface area contributed by atoms with Gasteiger partial charge in [-0.1, -0.05) is 38.1 Å². The van der Waals surface area contributed by atoms with Gasteiger partial charge >= 0.3 is 5.97 Å². The molecule has 0 radical (unpaired) electrons. The number of esters is 1. The number of Topliss-reactive ketones (excluding diaryl/α,β-unsaturated/α-hetero) is 1. The molecule has 0 saturated carbocycles. The fourth-order valence-electron chi connectivity index (χ4n) is 2.13. The van der Waals surface area contributed by atoms with E-state index in [0.717, 1.165) is 6.42 Å². The number of hydrogen-bond donors (Lipinski definition) is 1. The molecule has 0 bridgehead atoms. The van der Waals surface area contributed by atoms with Gasteiger partial charge in [-0.2, -0.15) is 0 Å². The van der Waals surface area contributed by atoms with E-state index in [9.17, 15) is 9.59 Å². The van der Waals surface area contributed by atoms with E-state index in [0.29, 0.717) is 18.1 Å². The third kappa shape index (κ3) is 4.97. The fourth-order valence-corrected chi connectivity index (χ4v) is 2.13. The molecule has 0 fully saturated rings. The number of hydrogen-bond acceptors (Lipinski definition) is 4. The van der Waals surface area contributed by atoms with Crippen molar-refractivity contribution < 1.29 is 14.3 Å². The lowest BCUT2D eigenvalue weighted by molar-refractivity contribution is -0.143. The Balaban J connectivity index is 2.78. The molecule has 116 valence electrons. The highest BCUT2D eigenvalue weighted by Gasteiger charge is 2.22. The van der Waals surface area contributed by atoms with Crippen LogP contribution in [0, 0.1) is 0 Å². The van der Waals surface area contributed by atoms with E-state index < -0.39 is 6.04 Å². The summed E-state index contributed by atoms with van der Waals surface area (Å²) in [7, 11) is 1.68. The Labute approximate surface area is 126 Å². The van der Waals surface area contributed by atoms with Crippen LogP contribution < -0.4 is 5.32 Å². The third-order valence-corrected chi connectivity index (χ3v) is 3.72. The van der Waals surface area contributed by atoms with Gasteiger partial charge in [-0.05, 0) is 31.9 Å². The molecule has 1 N–H and O–H groups in total. The third-order valence-electron chi connectivity index (χ3n) is 3.72. The SMILES string of the molecule is CCOC(=O)CC(NC)C(=O)c1ccc(C(C)CC)cc1. The maximum atomic E-state index is 12.4. The predicted octanol–water partition coefficient (Wildman–Crippen LogP) is 2.92. The lowest BCUT2D eigenvalue weighted by Crippen LogP contribution is -2.36. The number of ketones is 1. The Bertz CT molecular complexity index is 467. The van der Waals surface area contributed by atoms with Crippen molar-refractivity contribution in [3.05, 3.63) is 35.4 Å². The summed E-state index contributed by atoms with van der Waals surface area (Å²) in [6, 6.07) is 7.09. The van der Waals surface area contributed by atoms with E-state index in [2.05, 4.69) is 19.2 Å². The van der Waals surface area contributed by atoms with E-state index in [1.807, 2.05) is 24.3 Å². The summed E-state index contributed by atoms with van der Waals surface area (Å²) < 4.78 is 4.89. The second-order valence-electron chi connectivity index (χ2n) is 5.15. The van der Waals surface area contributed by atoms with E-state index in [1.165, 1.54) is 5.56 Å². The molecule has 4 heteroatoms. The predicted molar refractivity (Wildman–Crippen MR) is 83.6 cm³/mol. The lowest BCUT2D eigenvalue weighted by Gasteiger charge is -2.15. The van der Waals surface area contributed by atoms with Crippen LogP contribution >= 0.6 is 0 Å². The van der Waals surface area contributed by atoms with Gasteiger partial charge in [-0.3, -0.25) is 9.59 Å². The van der Waals surface area contributed by atoms with E-state index in [-0.39, 0.29) is 18.2 Å². The number of benzene rings is 1. The van der Waals surface area contributed by atoms with Gasteiger partial charge in [0, 0.05) is 5.56 Å². The summed E-state index contributed by atoms with van der Waals surface area (Å²) in [5, 5.41) is 2.89. The average molecular weight is 291 g/mol. The summed E-state index contributed by atoms with van der Waals surface area (Å²) in [5.41, 5.74) is 1.84. The summed E-state index contributed by atoms with van der Waals surface area (Å²) >= 11 is 0. The molecule has 0 aliphatic carbocycles. The van der Waals surface area contributed by atoms with Gasteiger partial charge in [0.25, 0.3) is 0 Å². The molecule has 0 aliphatic rings. The summed E-state index contributed by atoms with van der Waals surface area (Å²) in [5.74, 6) is 0.0384. The van der Waals surface area contributed by atoms with Gasteiger partial charge in [0.15, 0.2) is 5.78 Å². The second-order valence-corrected chi connectivity index (χ2v) is 5.15. The highest BCUT2D eigenvalue weighted by molar-refractivity contribution is 6.01. The number of nitrogens with one attached hydrogen (secondary N) is 1. The molecule has 0 heterocycles. The standard InChI is InChI=1S/C17H25NO3/c1-5-12(3)13-7-9-14(10-8-13)17(20)15(18-4)11-16(19)21-6-2/h7-10,12,15,18H,5-6,11H2,1-4H3. The topological polar surface area (TPSA) is 55.4 Å². The van der Waals surface area contributed by atoms with Crippen molar-refractivity contribution in [3.8, 4) is 0 Å². The zero-order valence-electron chi connectivity index (χ0n) is 13.3. The summed E-state index contributed by atoms with van der Waals surface area (Å²) in [6.45, 7) is 6.38. The van der Waals surface area contributed by atoms with Crippen molar-refractivity contribution in [2.24, 2.45) is 0 Å². The number of carbonyl (C=O) groups is 2. The highest BCUT2D eigenvalue weighted by Crippen LogP contribution is 2.19. The minimum Gasteiger partial charge on any atom is -0.466 e. The van der Waals surface area contributed by atoms with E-state index >= 15 is 0 Å². The lowest BCUT2D eigenvalue weighted by atomic mass is 9.95. The van der Waals surface area contributed by atoms with Crippen LogP contribution in [0.4, 0.5) is 0 Å². The normalized spacial score (nSPS) is 13.5. The molecule has 2 atom stereocenters. The Hall–Kier alpha value is -1.68. The van der Waals surface area contributed by atoms with Crippen molar-refractivity contribution in [2.75, 3.05) is 13.7 Å². The molecule has 1 aromatic rings. The zero-order chi connectivity index (χ0) is 15.8. The van der Waals surface area contributed by atoms with Crippen LogP contribution in [0.2, 0.25) is 0 Å². The number of ether oxygens (including phenoxy) is 1. The monoisotopic (exact) mass is 291 g/mol. The molecule has 1 rings (SSSR count). The molecule has 2 unspecified atom stereocenters. The van der Waals surface area contributed by atoms with Crippen LogP contribution in [0.15, 0.2) is 24.3 Å². The first kappa shape index (κ1) is 17.4. The molecule has 0 spiro atoms. The fraction of sp³-hybridized carbons (Fsp3) is 0.529. The van der Waals surface area contributed by atoms with Crippen molar-refractivity contribution in [2.45, 2.75) is 45.6 Å². The van der Waals surface area contributed by atoms with Gasteiger partial charge in [0.2, 0.25) is 0 Å². The highest BCUT2D eigenvalue weighted by atomic mass is 16.5. The molecular weight excluding hydrogens is 266 g/mol.